The van der Waals surface area contributed by atoms with E-state index in [0.29, 0.717) is 17.7 Å². The first kappa shape index (κ1) is 15.1. The Morgan fingerprint density at radius 3 is 2.61 bits per heavy atom. The Morgan fingerprint density at radius 2 is 1.91 bits per heavy atom. The predicted octanol–water partition coefficient (Wildman–Crippen LogP) is 1.53. The van der Waals surface area contributed by atoms with E-state index in [1.54, 1.807) is 12.1 Å². The number of phenols is 1. The second kappa shape index (κ2) is 5.79. The molecule has 0 saturated heterocycles. The van der Waals surface area contributed by atoms with Crippen molar-refractivity contribution in [2.75, 3.05) is 20.8 Å². The molecule has 0 radical (unpaired) electrons. The fraction of sp³-hybridized carbons (Fsp3) is 0.294. The minimum Gasteiger partial charge on any atom is -0.508 e. The number of hydrogen-bond acceptors (Lipinski definition) is 6. The van der Waals surface area contributed by atoms with Gasteiger partial charge < -0.3 is 19.3 Å². The van der Waals surface area contributed by atoms with Gasteiger partial charge in [0.25, 0.3) is 0 Å². The first-order chi connectivity index (χ1) is 11.0. The highest BCUT2D eigenvalue weighted by Gasteiger charge is 2.36. The molecule has 6 nitrogen and oxygen atoms in total. The number of carbonyl (C=O) groups is 2. The van der Waals surface area contributed by atoms with E-state index in [0.717, 1.165) is 5.56 Å². The average molecular weight is 316 g/mol. The van der Waals surface area contributed by atoms with E-state index in [9.17, 15) is 14.7 Å². The van der Waals surface area contributed by atoms with Crippen LogP contribution >= 0.6 is 0 Å². The summed E-state index contributed by atoms with van der Waals surface area (Å²) in [6, 6.07) is 4.85. The molecule has 0 amide bonds. The molecule has 1 unspecified atom stereocenters. The number of carbonyl (C=O) groups excluding carboxylic acids is 2. The number of ketones is 2. The molecular weight excluding hydrogens is 300 g/mol. The quantitative estimate of drug-likeness (QED) is 0.852. The van der Waals surface area contributed by atoms with Gasteiger partial charge in [0, 0.05) is 17.6 Å². The summed E-state index contributed by atoms with van der Waals surface area (Å²) < 4.78 is 15.6. The van der Waals surface area contributed by atoms with Gasteiger partial charge in [0.15, 0.2) is 0 Å². The third-order valence-corrected chi connectivity index (χ3v) is 3.99. The van der Waals surface area contributed by atoms with E-state index in [1.807, 2.05) is 0 Å². The van der Waals surface area contributed by atoms with Crippen molar-refractivity contribution in [1.29, 1.82) is 0 Å². The lowest BCUT2D eigenvalue weighted by atomic mass is 9.84. The Balaban J connectivity index is 1.90. The number of fused-ring (bicyclic) bond motifs is 1. The van der Waals surface area contributed by atoms with Crippen LogP contribution in [0.1, 0.15) is 5.56 Å². The van der Waals surface area contributed by atoms with Gasteiger partial charge in [0.2, 0.25) is 23.1 Å². The maximum Gasteiger partial charge on any atom is 0.228 e. The van der Waals surface area contributed by atoms with Crippen molar-refractivity contribution < 1.29 is 28.9 Å². The maximum atomic E-state index is 12.6. The van der Waals surface area contributed by atoms with E-state index in [1.165, 1.54) is 26.4 Å². The van der Waals surface area contributed by atoms with Crippen molar-refractivity contribution in [1.82, 2.24) is 0 Å². The topological polar surface area (TPSA) is 82.1 Å². The fourth-order valence-electron chi connectivity index (χ4n) is 2.86. The molecule has 1 atom stereocenters. The summed E-state index contributed by atoms with van der Waals surface area (Å²) in [6.45, 7) is 0.251. The molecule has 0 spiro atoms. The number of phenolic OH excluding ortho intramolecular Hbond substituents is 1. The Kier molecular flexibility index (Phi) is 3.82. The van der Waals surface area contributed by atoms with Crippen LogP contribution in [-0.2, 0) is 25.5 Å². The monoisotopic (exact) mass is 316 g/mol. The number of hydrogen-bond donors (Lipinski definition) is 1. The Morgan fingerprint density at radius 1 is 1.17 bits per heavy atom. The standard InChI is InChI=1S/C17H16O6/c1-21-16-13(19)7-12(15(20)17(16)22-2)10-5-9-3-4-11(18)6-14(9)23-8-10/h3-4,6-7,10,18H,5,8H2,1-2H3. The molecule has 23 heavy (non-hydrogen) atoms. The first-order valence-electron chi connectivity index (χ1n) is 7.12. The molecule has 1 aliphatic carbocycles. The van der Waals surface area contributed by atoms with Crippen molar-refractivity contribution in [3.63, 3.8) is 0 Å². The summed E-state index contributed by atoms with van der Waals surface area (Å²) >= 11 is 0. The third kappa shape index (κ3) is 2.56. The number of ether oxygens (including phenoxy) is 3. The lowest BCUT2D eigenvalue weighted by Gasteiger charge is -2.28. The van der Waals surface area contributed by atoms with Crippen LogP contribution in [0.2, 0.25) is 0 Å². The van der Waals surface area contributed by atoms with Crippen molar-refractivity contribution >= 4 is 11.6 Å². The van der Waals surface area contributed by atoms with Gasteiger partial charge in [-0.1, -0.05) is 6.07 Å². The van der Waals surface area contributed by atoms with Crippen molar-refractivity contribution in [2.24, 2.45) is 5.92 Å². The number of Topliss-reactive ketones (excluding diaryl/α,β-unsaturated/α-hetero) is 1. The minimum atomic E-state index is -0.393. The largest absolute Gasteiger partial charge is 0.508 e. The molecule has 1 N–H and O–H groups in total. The zero-order valence-corrected chi connectivity index (χ0v) is 12.8. The number of rotatable bonds is 3. The van der Waals surface area contributed by atoms with Gasteiger partial charge >= 0.3 is 0 Å². The first-order valence-corrected chi connectivity index (χ1v) is 7.12. The maximum absolute atomic E-state index is 12.6. The molecule has 0 aromatic heterocycles. The van der Waals surface area contributed by atoms with E-state index in [2.05, 4.69) is 0 Å². The van der Waals surface area contributed by atoms with Crippen molar-refractivity contribution in [3.8, 4) is 11.5 Å². The molecule has 1 aromatic rings. The second-order valence-corrected chi connectivity index (χ2v) is 5.36. The number of aromatic hydroxyl groups is 1. The average Bonchev–Trinajstić information content (AvgIpc) is 2.55. The summed E-state index contributed by atoms with van der Waals surface area (Å²) in [5.41, 5.74) is 1.23. The minimum absolute atomic E-state index is 0.0773. The number of allylic oxidation sites excluding steroid dienone is 2. The zero-order chi connectivity index (χ0) is 16.6. The molecule has 0 saturated carbocycles. The highest BCUT2D eigenvalue weighted by molar-refractivity contribution is 6.21. The Labute approximate surface area is 133 Å². The number of benzene rings is 1. The van der Waals surface area contributed by atoms with Crippen LogP contribution in [0.15, 0.2) is 41.4 Å². The molecule has 1 heterocycles. The second-order valence-electron chi connectivity index (χ2n) is 5.36. The number of methoxy groups -OCH3 is 2. The summed E-state index contributed by atoms with van der Waals surface area (Å²) in [7, 11) is 2.66. The van der Waals surface area contributed by atoms with E-state index >= 15 is 0 Å². The van der Waals surface area contributed by atoms with Gasteiger partial charge in [-0.15, -0.1) is 0 Å². The van der Waals surface area contributed by atoms with Gasteiger partial charge in [-0.2, -0.15) is 0 Å². The van der Waals surface area contributed by atoms with Gasteiger partial charge in [0.05, 0.1) is 20.8 Å². The summed E-state index contributed by atoms with van der Waals surface area (Å²) in [4.78, 5) is 24.7. The van der Waals surface area contributed by atoms with Crippen LogP contribution in [0.4, 0.5) is 0 Å². The Hall–Kier alpha value is -2.76. The predicted molar refractivity (Wildman–Crippen MR) is 79.9 cm³/mol. The van der Waals surface area contributed by atoms with Crippen LogP contribution in [0.25, 0.3) is 0 Å². The molecule has 120 valence electrons. The van der Waals surface area contributed by atoms with Gasteiger partial charge in [-0.05, 0) is 24.1 Å². The molecule has 1 aromatic carbocycles. The molecule has 3 rings (SSSR count). The summed E-state index contributed by atoms with van der Waals surface area (Å²) in [5, 5.41) is 9.48. The summed E-state index contributed by atoms with van der Waals surface area (Å²) in [6.07, 6.45) is 1.84. The molecule has 0 fully saturated rings. The SMILES string of the molecule is COC1=C(OC)C(=O)C(C2COc3cc(O)ccc3C2)=CC1=O. The Bertz CT molecular complexity index is 743. The van der Waals surface area contributed by atoms with Crippen LogP contribution in [0.3, 0.4) is 0 Å². The molecule has 1 aliphatic heterocycles. The van der Waals surface area contributed by atoms with Gasteiger partial charge in [-0.3, -0.25) is 9.59 Å². The van der Waals surface area contributed by atoms with Crippen LogP contribution in [0, 0.1) is 5.92 Å². The van der Waals surface area contributed by atoms with Crippen molar-refractivity contribution in [3.05, 3.63) is 46.9 Å². The van der Waals surface area contributed by atoms with Crippen LogP contribution in [-0.4, -0.2) is 37.5 Å². The lowest BCUT2D eigenvalue weighted by molar-refractivity contribution is -0.121. The summed E-state index contributed by atoms with van der Waals surface area (Å²) in [5.74, 6) is -0.451. The van der Waals surface area contributed by atoms with E-state index in [-0.39, 0.29) is 35.6 Å². The zero-order valence-electron chi connectivity index (χ0n) is 12.8. The highest BCUT2D eigenvalue weighted by Crippen LogP contribution is 2.35. The highest BCUT2D eigenvalue weighted by atomic mass is 16.5. The molecular formula is C17H16O6. The van der Waals surface area contributed by atoms with E-state index < -0.39 is 5.78 Å². The lowest BCUT2D eigenvalue weighted by Crippen LogP contribution is -2.31. The van der Waals surface area contributed by atoms with E-state index in [4.69, 9.17) is 14.2 Å². The van der Waals surface area contributed by atoms with Gasteiger partial charge in [-0.25, -0.2) is 0 Å². The smallest absolute Gasteiger partial charge is 0.228 e. The van der Waals surface area contributed by atoms with Crippen molar-refractivity contribution in [2.45, 2.75) is 6.42 Å². The third-order valence-electron chi connectivity index (χ3n) is 3.99. The molecule has 0 bridgehead atoms. The normalized spacial score (nSPS) is 20.6. The van der Waals surface area contributed by atoms with Gasteiger partial charge in [0.1, 0.15) is 11.5 Å². The molecule has 2 aliphatic rings. The fourth-order valence-corrected chi connectivity index (χ4v) is 2.86. The van der Waals surface area contributed by atoms with Crippen LogP contribution < -0.4 is 4.74 Å². The molecule has 6 heteroatoms. The van der Waals surface area contributed by atoms with Crippen LogP contribution in [0.5, 0.6) is 11.5 Å².